The normalized spacial score (nSPS) is 13.1. The van der Waals surface area contributed by atoms with Gasteiger partial charge in [-0.15, -0.1) is 10.2 Å². The van der Waals surface area contributed by atoms with E-state index in [1.165, 1.54) is 0 Å². The lowest BCUT2D eigenvalue weighted by Crippen LogP contribution is -2.49. The predicted octanol–water partition coefficient (Wildman–Crippen LogP) is 4.39. The molecule has 0 aliphatic carbocycles. The Morgan fingerprint density at radius 3 is 2.38 bits per heavy atom. The summed E-state index contributed by atoms with van der Waals surface area (Å²) in [7, 11) is 1.59. The van der Waals surface area contributed by atoms with Gasteiger partial charge in [-0.1, -0.05) is 36.4 Å². The highest BCUT2D eigenvalue weighted by atomic mass is 16.5. The first kappa shape index (κ1) is 26.7. The van der Waals surface area contributed by atoms with E-state index in [0.717, 1.165) is 16.7 Å². The van der Waals surface area contributed by atoms with E-state index in [4.69, 9.17) is 4.74 Å². The van der Waals surface area contributed by atoms with Gasteiger partial charge in [-0.3, -0.25) is 9.59 Å². The van der Waals surface area contributed by atoms with Gasteiger partial charge < -0.3 is 25.0 Å². The second-order valence-electron chi connectivity index (χ2n) is 9.53. The minimum Gasteiger partial charge on any atom is -0.508 e. The number of amides is 2. The van der Waals surface area contributed by atoms with Crippen LogP contribution < -0.4 is 15.0 Å². The number of piperazine rings is 1. The first-order valence-electron chi connectivity index (χ1n) is 13.2. The molecule has 1 aliphatic rings. The molecule has 0 atom stereocenters. The Labute approximate surface area is 233 Å². The summed E-state index contributed by atoms with van der Waals surface area (Å²) < 4.78 is 5.13. The smallest absolute Gasteiger partial charge is 0.276 e. The van der Waals surface area contributed by atoms with E-state index in [1.807, 2.05) is 41.3 Å². The molecule has 4 aromatic rings. The molecule has 1 fully saturated rings. The molecule has 2 amide bonds. The molecule has 9 nitrogen and oxygen atoms in total. The van der Waals surface area contributed by atoms with Crippen LogP contribution in [0.15, 0.2) is 84.9 Å². The van der Waals surface area contributed by atoms with Gasteiger partial charge in [0.1, 0.15) is 11.5 Å². The van der Waals surface area contributed by atoms with Crippen molar-refractivity contribution in [2.24, 2.45) is 0 Å². The molecule has 40 heavy (non-hydrogen) atoms. The maximum atomic E-state index is 13.0. The monoisotopic (exact) mass is 537 g/mol. The number of anilines is 2. The van der Waals surface area contributed by atoms with Crippen molar-refractivity contribution in [3.05, 3.63) is 96.2 Å². The van der Waals surface area contributed by atoms with E-state index in [9.17, 15) is 14.7 Å². The van der Waals surface area contributed by atoms with Crippen LogP contribution in [0.4, 0.5) is 11.5 Å². The number of rotatable bonds is 8. The molecule has 0 bridgehead atoms. The largest absolute Gasteiger partial charge is 0.508 e. The van der Waals surface area contributed by atoms with Crippen LogP contribution in [0.25, 0.3) is 11.1 Å². The van der Waals surface area contributed by atoms with E-state index in [-0.39, 0.29) is 23.3 Å². The maximum absolute atomic E-state index is 13.0. The average molecular weight is 538 g/mol. The second kappa shape index (κ2) is 12.3. The van der Waals surface area contributed by atoms with Crippen LogP contribution in [0.2, 0.25) is 0 Å². The molecular weight excluding hydrogens is 506 g/mol. The highest BCUT2D eigenvalue weighted by Gasteiger charge is 2.22. The molecule has 5 rings (SSSR count). The number of carbonyl (C=O) groups is 2. The van der Waals surface area contributed by atoms with E-state index in [2.05, 4.69) is 20.4 Å². The molecule has 2 heterocycles. The van der Waals surface area contributed by atoms with Crippen LogP contribution in [0.3, 0.4) is 0 Å². The molecule has 1 aliphatic heterocycles. The number of benzene rings is 3. The second-order valence-corrected chi connectivity index (χ2v) is 9.53. The Morgan fingerprint density at radius 1 is 0.900 bits per heavy atom. The highest BCUT2D eigenvalue weighted by molar-refractivity contribution is 6.02. The molecule has 9 heteroatoms. The summed E-state index contributed by atoms with van der Waals surface area (Å²) in [6.45, 7) is 2.46. The minimum absolute atomic E-state index is 0.113. The van der Waals surface area contributed by atoms with E-state index >= 15 is 0 Å². The van der Waals surface area contributed by atoms with Gasteiger partial charge in [0.15, 0.2) is 11.5 Å². The van der Waals surface area contributed by atoms with Gasteiger partial charge in [0.05, 0.1) is 7.11 Å². The van der Waals surface area contributed by atoms with Crippen LogP contribution in [0.5, 0.6) is 11.5 Å². The lowest BCUT2D eigenvalue weighted by atomic mass is 9.96. The summed E-state index contributed by atoms with van der Waals surface area (Å²) in [6, 6.07) is 25.6. The Kier molecular flexibility index (Phi) is 8.20. The number of aromatic nitrogens is 2. The summed E-state index contributed by atoms with van der Waals surface area (Å²) in [4.78, 5) is 29.5. The fourth-order valence-electron chi connectivity index (χ4n) is 4.76. The Hall–Kier alpha value is -4.92. The first-order chi connectivity index (χ1) is 19.5. The number of hydrogen-bond donors (Lipinski definition) is 2. The zero-order valence-corrected chi connectivity index (χ0v) is 22.3. The van der Waals surface area contributed by atoms with Crippen molar-refractivity contribution in [3.63, 3.8) is 0 Å². The first-order valence-corrected chi connectivity index (χ1v) is 13.2. The third-order valence-electron chi connectivity index (χ3n) is 6.97. The van der Waals surface area contributed by atoms with Crippen LogP contribution in [-0.4, -0.2) is 65.3 Å². The van der Waals surface area contributed by atoms with Crippen LogP contribution in [0, 0.1) is 0 Å². The van der Waals surface area contributed by atoms with E-state index in [1.54, 1.807) is 55.6 Å². The lowest BCUT2D eigenvalue weighted by molar-refractivity contribution is -0.131. The van der Waals surface area contributed by atoms with Gasteiger partial charge >= 0.3 is 0 Å². The van der Waals surface area contributed by atoms with Crippen LogP contribution in [0.1, 0.15) is 22.5 Å². The number of phenolic OH excluding ortho intramolecular Hbond substituents is 1. The number of aromatic hydroxyl groups is 1. The Bertz CT molecular complexity index is 1470. The molecule has 1 aromatic heterocycles. The number of hydrogen-bond acceptors (Lipinski definition) is 7. The van der Waals surface area contributed by atoms with Gasteiger partial charge in [-0.05, 0) is 71.6 Å². The van der Waals surface area contributed by atoms with Crippen molar-refractivity contribution in [1.82, 2.24) is 15.1 Å². The molecule has 2 N–H and O–H groups in total. The zero-order valence-electron chi connectivity index (χ0n) is 22.3. The number of aryl methyl sites for hydroxylation is 1. The maximum Gasteiger partial charge on any atom is 0.276 e. The van der Waals surface area contributed by atoms with E-state index in [0.29, 0.717) is 56.3 Å². The number of phenols is 1. The molecule has 3 aromatic carbocycles. The fraction of sp³-hybridized carbons (Fsp3) is 0.226. The third-order valence-corrected chi connectivity index (χ3v) is 6.97. The van der Waals surface area contributed by atoms with Crippen molar-refractivity contribution >= 4 is 23.3 Å². The van der Waals surface area contributed by atoms with Gasteiger partial charge in [-0.2, -0.15) is 0 Å². The third kappa shape index (κ3) is 6.37. The number of nitrogens with one attached hydrogen (secondary N) is 1. The lowest BCUT2D eigenvalue weighted by Gasteiger charge is -2.35. The summed E-state index contributed by atoms with van der Waals surface area (Å²) in [6.07, 6.45) is 1.03. The van der Waals surface area contributed by atoms with Gasteiger partial charge in [0.2, 0.25) is 5.91 Å². The summed E-state index contributed by atoms with van der Waals surface area (Å²) >= 11 is 0. The molecule has 0 unspecified atom stereocenters. The topological polar surface area (TPSA) is 108 Å². The minimum atomic E-state index is -0.342. The van der Waals surface area contributed by atoms with Crippen molar-refractivity contribution in [2.45, 2.75) is 12.8 Å². The summed E-state index contributed by atoms with van der Waals surface area (Å²) in [5, 5.41) is 21.0. The Morgan fingerprint density at radius 2 is 1.68 bits per heavy atom. The summed E-state index contributed by atoms with van der Waals surface area (Å²) in [5.74, 6) is 1.37. The summed E-state index contributed by atoms with van der Waals surface area (Å²) in [5.41, 5.74) is 3.89. The quantitative estimate of drug-likeness (QED) is 0.343. The standard InChI is InChI=1S/C31H31N5O4/c1-40-26-12-10-24(11-13-26)32-31(39)28-14-15-29(34-33-28)35-17-19-36(20-18-35)30(38)16-9-22-5-2-3-8-27(22)23-6-4-7-25(37)21-23/h2-8,10-15,21,37H,9,16-20H2,1H3,(H,32,39). The van der Waals surface area contributed by atoms with Crippen molar-refractivity contribution in [1.29, 1.82) is 0 Å². The number of nitrogens with zero attached hydrogens (tertiary/aromatic N) is 4. The average Bonchev–Trinajstić information content (AvgIpc) is 3.00. The van der Waals surface area contributed by atoms with Crippen molar-refractivity contribution in [3.8, 4) is 22.6 Å². The molecular formula is C31H31N5O4. The van der Waals surface area contributed by atoms with Gasteiger partial charge in [0.25, 0.3) is 5.91 Å². The zero-order chi connectivity index (χ0) is 27.9. The van der Waals surface area contributed by atoms with Gasteiger partial charge in [0, 0.05) is 38.3 Å². The predicted molar refractivity (Wildman–Crippen MR) is 154 cm³/mol. The van der Waals surface area contributed by atoms with Crippen LogP contribution in [-0.2, 0) is 11.2 Å². The molecule has 0 spiro atoms. The molecule has 0 radical (unpaired) electrons. The molecule has 1 saturated heterocycles. The van der Waals surface area contributed by atoms with Crippen LogP contribution >= 0.6 is 0 Å². The van der Waals surface area contributed by atoms with Crippen molar-refractivity contribution in [2.75, 3.05) is 43.5 Å². The number of ether oxygens (including phenoxy) is 1. The SMILES string of the molecule is COc1ccc(NC(=O)c2ccc(N3CCN(C(=O)CCc4ccccc4-c4cccc(O)c4)CC3)nn2)cc1. The molecule has 204 valence electrons. The number of carbonyl (C=O) groups excluding carboxylic acids is 2. The number of methoxy groups -OCH3 is 1. The van der Waals surface area contributed by atoms with Gasteiger partial charge in [-0.25, -0.2) is 0 Å². The fourth-order valence-corrected chi connectivity index (χ4v) is 4.76. The Balaban J connectivity index is 1.12. The molecule has 0 saturated carbocycles. The van der Waals surface area contributed by atoms with Crippen molar-refractivity contribution < 1.29 is 19.4 Å². The highest BCUT2D eigenvalue weighted by Crippen LogP contribution is 2.27. The van der Waals surface area contributed by atoms with E-state index < -0.39 is 0 Å².